The van der Waals surface area contributed by atoms with E-state index in [-0.39, 0.29) is 17.4 Å². The van der Waals surface area contributed by atoms with E-state index in [1.807, 2.05) is 31.0 Å². The van der Waals surface area contributed by atoms with Crippen LogP contribution in [0.4, 0.5) is 0 Å². The van der Waals surface area contributed by atoms with Gasteiger partial charge in [-0.2, -0.15) is 5.10 Å². The molecule has 29 heavy (non-hydrogen) atoms. The van der Waals surface area contributed by atoms with E-state index in [9.17, 15) is 4.79 Å². The van der Waals surface area contributed by atoms with Crippen molar-refractivity contribution >= 4 is 5.91 Å². The summed E-state index contributed by atoms with van der Waals surface area (Å²) in [7, 11) is 1.67. The maximum absolute atomic E-state index is 12.8. The maximum Gasteiger partial charge on any atom is 0.256 e. The lowest BCUT2D eigenvalue weighted by Gasteiger charge is -2.40. The van der Waals surface area contributed by atoms with Gasteiger partial charge in [0.2, 0.25) is 5.88 Å². The summed E-state index contributed by atoms with van der Waals surface area (Å²) in [6, 6.07) is 2.18. The minimum absolute atomic E-state index is 0.0828. The molecule has 0 aromatic carbocycles. The number of ether oxygens (including phenoxy) is 1. The number of hydrogen-bond donors (Lipinski definition) is 1. The molecule has 7 heteroatoms. The summed E-state index contributed by atoms with van der Waals surface area (Å²) in [5.74, 6) is 0.731. The van der Waals surface area contributed by atoms with Gasteiger partial charge in [-0.3, -0.25) is 14.8 Å². The molecule has 2 aromatic heterocycles. The molecule has 1 spiro atoms. The molecule has 154 valence electrons. The second-order valence-electron chi connectivity index (χ2n) is 9.04. The molecule has 1 amide bonds. The van der Waals surface area contributed by atoms with Gasteiger partial charge in [0.25, 0.3) is 5.91 Å². The van der Waals surface area contributed by atoms with Crippen molar-refractivity contribution in [2.45, 2.75) is 64.1 Å². The maximum atomic E-state index is 12.8. The van der Waals surface area contributed by atoms with Crippen LogP contribution in [-0.2, 0) is 24.9 Å². The van der Waals surface area contributed by atoms with Crippen molar-refractivity contribution in [2.75, 3.05) is 20.2 Å². The van der Waals surface area contributed by atoms with Crippen LogP contribution in [0.15, 0.2) is 12.3 Å². The van der Waals surface area contributed by atoms with Crippen molar-refractivity contribution in [3.05, 3.63) is 40.3 Å². The highest BCUT2D eigenvalue weighted by Crippen LogP contribution is 2.44. The quantitative estimate of drug-likeness (QED) is 0.862. The third kappa shape index (κ3) is 2.94. The molecule has 0 radical (unpaired) electrons. The smallest absolute Gasteiger partial charge is 0.256 e. The average Bonchev–Trinajstić information content (AvgIpc) is 3.39. The van der Waals surface area contributed by atoms with Gasteiger partial charge in [0, 0.05) is 35.8 Å². The fourth-order valence-corrected chi connectivity index (χ4v) is 5.44. The largest absolute Gasteiger partial charge is 0.481 e. The molecule has 1 atom stereocenters. The Kier molecular flexibility index (Phi) is 4.38. The number of aryl methyl sites for hydroxylation is 1. The Balaban J connectivity index is 1.41. The first-order valence-corrected chi connectivity index (χ1v) is 10.6. The Labute approximate surface area is 171 Å². The van der Waals surface area contributed by atoms with Gasteiger partial charge in [-0.1, -0.05) is 0 Å². The minimum Gasteiger partial charge on any atom is -0.481 e. The fraction of sp³-hybridized carbons (Fsp3) is 0.591. The monoisotopic (exact) mass is 395 g/mol. The Morgan fingerprint density at radius 2 is 2.21 bits per heavy atom. The first-order valence-electron chi connectivity index (χ1n) is 10.6. The third-order valence-corrected chi connectivity index (χ3v) is 6.94. The zero-order valence-electron chi connectivity index (χ0n) is 17.5. The molecule has 0 bridgehead atoms. The Hall–Kier alpha value is -2.41. The minimum atomic E-state index is 0.0828. The first-order chi connectivity index (χ1) is 14.0. The van der Waals surface area contributed by atoms with E-state index in [4.69, 9.17) is 9.72 Å². The Bertz CT molecular complexity index is 953. The van der Waals surface area contributed by atoms with Crippen LogP contribution in [0.2, 0.25) is 0 Å². The van der Waals surface area contributed by atoms with Crippen LogP contribution in [0.1, 0.15) is 66.0 Å². The molecule has 1 aliphatic carbocycles. The number of aromatic nitrogens is 3. The molecule has 1 unspecified atom stereocenters. The van der Waals surface area contributed by atoms with Crippen molar-refractivity contribution in [3.8, 4) is 5.88 Å². The fourth-order valence-electron chi connectivity index (χ4n) is 5.44. The number of piperidine rings is 1. The molecule has 2 aliphatic heterocycles. The molecule has 3 aliphatic rings. The summed E-state index contributed by atoms with van der Waals surface area (Å²) in [4.78, 5) is 21.9. The van der Waals surface area contributed by atoms with Gasteiger partial charge < -0.3 is 9.64 Å². The lowest BCUT2D eigenvalue weighted by atomic mass is 9.77. The van der Waals surface area contributed by atoms with Crippen molar-refractivity contribution in [3.63, 3.8) is 0 Å². The standard InChI is InChI=1S/C22H29N5O2/c1-14(2)27-12-18-17(21(27)28)9-16(20(24-18)29-3)11-26-8-4-6-22(13-26)7-5-15-10-23-25-19(15)22/h9-10,14H,4-8,11-13H2,1-3H3,(H,23,25). The number of rotatable bonds is 4. The number of carbonyl (C=O) groups is 1. The predicted octanol–water partition coefficient (Wildman–Crippen LogP) is 2.66. The van der Waals surface area contributed by atoms with Gasteiger partial charge in [0.05, 0.1) is 31.1 Å². The molecular formula is C22H29N5O2. The van der Waals surface area contributed by atoms with E-state index in [0.717, 1.165) is 42.9 Å². The van der Waals surface area contributed by atoms with Gasteiger partial charge in [0.1, 0.15) is 0 Å². The number of methoxy groups -OCH3 is 1. The third-order valence-electron chi connectivity index (χ3n) is 6.94. The number of aromatic amines is 1. The van der Waals surface area contributed by atoms with Gasteiger partial charge in [-0.05, 0) is 57.7 Å². The molecule has 2 aromatic rings. The number of nitrogens with one attached hydrogen (secondary N) is 1. The van der Waals surface area contributed by atoms with Crippen LogP contribution in [0.25, 0.3) is 0 Å². The van der Waals surface area contributed by atoms with Gasteiger partial charge in [0.15, 0.2) is 0 Å². The molecule has 4 heterocycles. The zero-order chi connectivity index (χ0) is 20.2. The number of hydrogen-bond acceptors (Lipinski definition) is 5. The highest BCUT2D eigenvalue weighted by atomic mass is 16.5. The summed E-state index contributed by atoms with van der Waals surface area (Å²) in [5, 5.41) is 7.56. The molecule has 1 fully saturated rings. The lowest BCUT2D eigenvalue weighted by molar-refractivity contribution is 0.0730. The number of H-pyrrole nitrogens is 1. The summed E-state index contributed by atoms with van der Waals surface area (Å²) in [5.41, 5.74) is 5.47. The van der Waals surface area contributed by atoms with Crippen LogP contribution in [0, 0.1) is 0 Å². The SMILES string of the molecule is COc1nc2c(cc1CN1CCCC3(CCc4cn[nH]c43)C1)C(=O)N(C(C)C)C2. The molecule has 0 saturated carbocycles. The second-order valence-corrected chi connectivity index (χ2v) is 9.04. The number of pyridine rings is 1. The predicted molar refractivity (Wildman–Crippen MR) is 109 cm³/mol. The number of nitrogens with zero attached hydrogens (tertiary/aromatic N) is 4. The van der Waals surface area contributed by atoms with Crippen LogP contribution in [0.5, 0.6) is 5.88 Å². The normalized spacial score (nSPS) is 23.9. The van der Waals surface area contributed by atoms with E-state index in [1.54, 1.807) is 7.11 Å². The summed E-state index contributed by atoms with van der Waals surface area (Å²) < 4.78 is 5.62. The highest BCUT2D eigenvalue weighted by Gasteiger charge is 2.43. The Morgan fingerprint density at radius 3 is 3.00 bits per heavy atom. The van der Waals surface area contributed by atoms with Gasteiger partial charge >= 0.3 is 0 Å². The zero-order valence-corrected chi connectivity index (χ0v) is 17.5. The van der Waals surface area contributed by atoms with Gasteiger partial charge in [-0.25, -0.2) is 4.98 Å². The van der Waals surface area contributed by atoms with Crippen molar-refractivity contribution in [2.24, 2.45) is 0 Å². The van der Waals surface area contributed by atoms with E-state index < -0.39 is 0 Å². The summed E-state index contributed by atoms with van der Waals surface area (Å²) in [6.07, 6.45) is 6.67. The van der Waals surface area contributed by atoms with Crippen LogP contribution >= 0.6 is 0 Å². The number of carbonyl (C=O) groups excluding carboxylic acids is 1. The molecule has 5 rings (SSSR count). The first kappa shape index (κ1) is 18.6. The van der Waals surface area contributed by atoms with Crippen molar-refractivity contribution < 1.29 is 9.53 Å². The summed E-state index contributed by atoms with van der Waals surface area (Å²) >= 11 is 0. The van der Waals surface area contributed by atoms with Crippen LogP contribution in [-0.4, -0.2) is 57.1 Å². The lowest BCUT2D eigenvalue weighted by Crippen LogP contribution is -2.44. The summed E-state index contributed by atoms with van der Waals surface area (Å²) in [6.45, 7) is 7.47. The molecular weight excluding hydrogens is 366 g/mol. The number of amides is 1. The van der Waals surface area contributed by atoms with E-state index in [2.05, 4.69) is 15.1 Å². The molecule has 1 saturated heterocycles. The van der Waals surface area contributed by atoms with Crippen molar-refractivity contribution in [1.82, 2.24) is 25.0 Å². The average molecular weight is 396 g/mol. The topological polar surface area (TPSA) is 74.3 Å². The van der Waals surface area contributed by atoms with E-state index >= 15 is 0 Å². The van der Waals surface area contributed by atoms with E-state index in [0.29, 0.717) is 12.4 Å². The molecule has 7 nitrogen and oxygen atoms in total. The second kappa shape index (κ2) is 6.83. The number of fused-ring (bicyclic) bond motifs is 3. The van der Waals surface area contributed by atoms with Crippen molar-refractivity contribution in [1.29, 1.82) is 0 Å². The van der Waals surface area contributed by atoms with Crippen LogP contribution < -0.4 is 4.74 Å². The highest BCUT2D eigenvalue weighted by molar-refractivity contribution is 5.98. The van der Waals surface area contributed by atoms with Gasteiger partial charge in [-0.15, -0.1) is 0 Å². The molecule has 1 N–H and O–H groups in total. The van der Waals surface area contributed by atoms with Crippen LogP contribution in [0.3, 0.4) is 0 Å². The number of likely N-dealkylation sites (tertiary alicyclic amines) is 1. The Morgan fingerprint density at radius 1 is 1.34 bits per heavy atom. The van der Waals surface area contributed by atoms with E-state index in [1.165, 1.54) is 30.5 Å².